The minimum atomic E-state index is -2.60. The van der Waals surface area contributed by atoms with Crippen molar-refractivity contribution in [2.24, 2.45) is 0 Å². The van der Waals surface area contributed by atoms with Gasteiger partial charge in [0.15, 0.2) is 0 Å². The van der Waals surface area contributed by atoms with Crippen molar-refractivity contribution in [3.05, 3.63) is 75.7 Å². The Morgan fingerprint density at radius 1 is 0.840 bits per heavy atom. The molecule has 0 saturated carbocycles. The van der Waals surface area contributed by atoms with Gasteiger partial charge in [0, 0.05) is 26.9 Å². The van der Waals surface area contributed by atoms with Crippen molar-refractivity contribution in [1.29, 1.82) is 0 Å². The first kappa shape index (κ1) is 17.3. The summed E-state index contributed by atoms with van der Waals surface area (Å²) in [6, 6.07) is 23.5. The summed E-state index contributed by atoms with van der Waals surface area (Å²) in [4.78, 5) is 2.36. The minimum absolute atomic E-state index is 0.902. The van der Waals surface area contributed by atoms with Crippen molar-refractivity contribution in [3.8, 4) is 0 Å². The predicted molar refractivity (Wildman–Crippen MR) is 118 cm³/mol. The summed E-state index contributed by atoms with van der Waals surface area (Å²) in [6.45, 7) is 3.09. The highest BCUT2D eigenvalue weighted by Crippen LogP contribution is 2.35. The van der Waals surface area contributed by atoms with Crippen molar-refractivity contribution >= 4 is 77.3 Å². The highest BCUT2D eigenvalue weighted by molar-refractivity contribution is 9.10. The monoisotopic (exact) mass is 491 g/mol. The quantitative estimate of drug-likeness (QED) is 0.363. The summed E-state index contributed by atoms with van der Waals surface area (Å²) >= 11 is 14.9. The normalized spacial score (nSPS) is 14.8. The summed E-state index contributed by atoms with van der Waals surface area (Å²) in [6.07, 6.45) is 0. The van der Waals surface area contributed by atoms with Crippen LogP contribution in [0.5, 0.6) is 0 Å². The second-order valence-corrected chi connectivity index (χ2v) is 12.6. The molecule has 1 nitrogen and oxygen atoms in total. The Balaban J connectivity index is 2.11. The first-order valence-corrected chi connectivity index (χ1v) is 12.8. The lowest BCUT2D eigenvalue weighted by Gasteiger charge is -2.41. The van der Waals surface area contributed by atoms with E-state index in [1.54, 1.807) is 0 Å². The summed E-state index contributed by atoms with van der Waals surface area (Å²) in [5, 5.41) is 3.69. The van der Waals surface area contributed by atoms with Crippen molar-refractivity contribution in [1.82, 2.24) is 0 Å². The van der Waals surface area contributed by atoms with Gasteiger partial charge in [-0.15, -0.1) is 11.1 Å². The van der Waals surface area contributed by atoms with Crippen molar-refractivity contribution in [3.63, 3.8) is 0 Å². The highest BCUT2D eigenvalue weighted by Gasteiger charge is 2.46. The van der Waals surface area contributed by atoms with E-state index in [2.05, 4.69) is 104 Å². The van der Waals surface area contributed by atoms with Crippen LogP contribution in [-0.2, 0) is 0 Å². The SMILES string of the molecule is CCN1c2ccc(Br)cc2[Si](Cl)(c2ccccc2)c2cc(Br)ccc21. The van der Waals surface area contributed by atoms with Crippen LogP contribution in [0.3, 0.4) is 0 Å². The van der Waals surface area contributed by atoms with E-state index in [0.29, 0.717) is 0 Å². The molecular formula is C20H16Br2ClNSi. The molecule has 3 aromatic rings. The Hall–Kier alpha value is -1.07. The van der Waals surface area contributed by atoms with Gasteiger partial charge in [-0.05, 0) is 58.9 Å². The molecule has 4 rings (SSSR count). The molecule has 0 saturated heterocycles. The van der Waals surface area contributed by atoms with E-state index < -0.39 is 7.38 Å². The topological polar surface area (TPSA) is 3.24 Å². The molecule has 0 bridgehead atoms. The van der Waals surface area contributed by atoms with Crippen LogP contribution in [0.2, 0.25) is 0 Å². The van der Waals surface area contributed by atoms with Gasteiger partial charge < -0.3 is 4.90 Å². The smallest absolute Gasteiger partial charge is 0.252 e. The average Bonchev–Trinajstić information content (AvgIpc) is 2.64. The first-order chi connectivity index (χ1) is 12.1. The zero-order chi connectivity index (χ0) is 17.6. The number of benzene rings is 3. The van der Waals surface area contributed by atoms with E-state index >= 15 is 0 Å². The lowest BCUT2D eigenvalue weighted by Crippen LogP contribution is -2.67. The van der Waals surface area contributed by atoms with Crippen LogP contribution in [0.1, 0.15) is 6.92 Å². The van der Waals surface area contributed by atoms with Gasteiger partial charge >= 0.3 is 0 Å². The van der Waals surface area contributed by atoms with Gasteiger partial charge in [0.1, 0.15) is 0 Å². The Kier molecular flexibility index (Phi) is 4.57. The predicted octanol–water partition coefficient (Wildman–Crippen LogP) is 4.89. The molecule has 0 aliphatic carbocycles. The molecule has 1 aliphatic heterocycles. The number of hydrogen-bond donors (Lipinski definition) is 0. The number of anilines is 2. The minimum Gasteiger partial charge on any atom is -0.342 e. The third kappa shape index (κ3) is 2.70. The van der Waals surface area contributed by atoms with Crippen LogP contribution in [0, 0.1) is 0 Å². The van der Waals surface area contributed by atoms with Crippen molar-refractivity contribution in [2.75, 3.05) is 11.4 Å². The molecule has 5 heteroatoms. The van der Waals surface area contributed by atoms with Crippen LogP contribution in [0.25, 0.3) is 0 Å². The fourth-order valence-electron chi connectivity index (χ4n) is 3.63. The molecule has 0 amide bonds. The average molecular weight is 494 g/mol. The van der Waals surface area contributed by atoms with E-state index in [-0.39, 0.29) is 0 Å². The van der Waals surface area contributed by atoms with Gasteiger partial charge in [-0.25, -0.2) is 0 Å². The third-order valence-electron chi connectivity index (χ3n) is 4.73. The third-order valence-corrected chi connectivity index (χ3v) is 11.0. The maximum Gasteiger partial charge on any atom is 0.252 e. The summed E-state index contributed by atoms with van der Waals surface area (Å²) in [5.41, 5.74) is 2.43. The largest absolute Gasteiger partial charge is 0.342 e. The Morgan fingerprint density at radius 3 is 1.84 bits per heavy atom. The van der Waals surface area contributed by atoms with Gasteiger partial charge in [-0.3, -0.25) is 0 Å². The maximum atomic E-state index is 7.60. The fourth-order valence-corrected chi connectivity index (χ4v) is 9.48. The number of nitrogens with zero attached hydrogens (tertiary/aromatic N) is 1. The first-order valence-electron chi connectivity index (χ1n) is 8.17. The maximum absolute atomic E-state index is 7.60. The molecule has 126 valence electrons. The molecular weight excluding hydrogens is 478 g/mol. The van der Waals surface area contributed by atoms with E-state index in [4.69, 9.17) is 11.1 Å². The molecule has 1 aliphatic rings. The highest BCUT2D eigenvalue weighted by atomic mass is 79.9. The van der Waals surface area contributed by atoms with Gasteiger partial charge in [-0.1, -0.05) is 62.2 Å². The second-order valence-electron chi connectivity index (χ2n) is 6.09. The van der Waals surface area contributed by atoms with Gasteiger partial charge in [0.2, 0.25) is 0 Å². The number of hydrogen-bond acceptors (Lipinski definition) is 1. The molecule has 25 heavy (non-hydrogen) atoms. The zero-order valence-electron chi connectivity index (χ0n) is 13.6. The molecule has 0 radical (unpaired) electrons. The Morgan fingerprint density at radius 2 is 1.36 bits per heavy atom. The zero-order valence-corrected chi connectivity index (χ0v) is 18.6. The Labute approximate surface area is 170 Å². The standard InChI is InChI=1S/C20H16Br2ClNSi/c1-2-24-17-10-8-14(21)12-19(17)25(23,16-6-4-3-5-7-16)20-13-15(22)9-11-18(20)24/h3-13H,2H2,1H3. The molecule has 0 unspecified atom stereocenters. The number of rotatable bonds is 2. The van der Waals surface area contributed by atoms with E-state index in [1.807, 2.05) is 6.07 Å². The van der Waals surface area contributed by atoms with Gasteiger partial charge in [0.25, 0.3) is 7.38 Å². The van der Waals surface area contributed by atoms with E-state index in [1.165, 1.54) is 26.9 Å². The van der Waals surface area contributed by atoms with Crippen LogP contribution in [0.15, 0.2) is 75.7 Å². The van der Waals surface area contributed by atoms with Crippen LogP contribution >= 0.6 is 42.9 Å². The van der Waals surface area contributed by atoms with Crippen LogP contribution in [-0.4, -0.2) is 13.9 Å². The fraction of sp³-hybridized carbons (Fsp3) is 0.100. The van der Waals surface area contributed by atoms with Gasteiger partial charge in [-0.2, -0.15) is 0 Å². The molecule has 0 fully saturated rings. The molecule has 0 N–H and O–H groups in total. The van der Waals surface area contributed by atoms with Crippen molar-refractivity contribution < 1.29 is 0 Å². The summed E-state index contributed by atoms with van der Waals surface area (Å²) in [5.74, 6) is 0. The van der Waals surface area contributed by atoms with E-state index in [9.17, 15) is 0 Å². The number of fused-ring (bicyclic) bond motifs is 2. The van der Waals surface area contributed by atoms with Crippen LogP contribution < -0.4 is 20.5 Å². The Bertz CT molecular complexity index is 892. The second kappa shape index (κ2) is 6.58. The molecule has 1 heterocycles. The van der Waals surface area contributed by atoms with E-state index in [0.717, 1.165) is 15.5 Å². The van der Waals surface area contributed by atoms with Crippen molar-refractivity contribution in [2.45, 2.75) is 6.92 Å². The van der Waals surface area contributed by atoms with Gasteiger partial charge in [0.05, 0.1) is 0 Å². The number of halogens is 3. The molecule has 3 aromatic carbocycles. The molecule has 0 spiro atoms. The summed E-state index contributed by atoms with van der Waals surface area (Å²) < 4.78 is 2.13. The molecule has 0 aromatic heterocycles. The lowest BCUT2D eigenvalue weighted by atomic mass is 10.2. The lowest BCUT2D eigenvalue weighted by molar-refractivity contribution is 1.03. The summed E-state index contributed by atoms with van der Waals surface area (Å²) in [7, 11) is -2.60. The molecule has 0 atom stereocenters. The van der Waals surface area contributed by atoms with Crippen LogP contribution in [0.4, 0.5) is 11.4 Å².